The third-order valence-electron chi connectivity index (χ3n) is 5.31. The van der Waals surface area contributed by atoms with Gasteiger partial charge in [-0.15, -0.1) is 0 Å². The van der Waals surface area contributed by atoms with E-state index in [4.69, 9.17) is 4.74 Å². The number of fused-ring (bicyclic) bond motifs is 1. The van der Waals surface area contributed by atoms with E-state index in [-0.39, 0.29) is 0 Å². The molecule has 3 aromatic carbocycles. The molecular formula is C26H29NO4. The maximum atomic E-state index is 12.9. The fourth-order valence-electron chi connectivity index (χ4n) is 3.32. The molecule has 0 radical (unpaired) electrons. The Labute approximate surface area is 183 Å². The minimum Gasteiger partial charge on any atom is -0.487 e. The molecule has 31 heavy (non-hydrogen) atoms. The molecule has 0 spiro atoms. The second kappa shape index (κ2) is 9.65. The van der Waals surface area contributed by atoms with Crippen LogP contribution in [0.2, 0.25) is 0 Å². The Bertz CT molecular complexity index is 1070. The third kappa shape index (κ3) is 5.43. The van der Waals surface area contributed by atoms with Crippen LogP contribution in [0.25, 0.3) is 10.8 Å². The zero-order chi connectivity index (χ0) is 22.4. The van der Waals surface area contributed by atoms with Crippen LogP contribution in [0, 0.1) is 0 Å². The van der Waals surface area contributed by atoms with Crippen molar-refractivity contribution >= 4 is 22.6 Å². The minimum atomic E-state index is -1.39. The molecule has 0 unspecified atom stereocenters. The van der Waals surface area contributed by atoms with Crippen molar-refractivity contribution in [2.75, 3.05) is 0 Å². The SMILES string of the molecule is CCCCc1ccc(COc2c(C(=O)NC(C)(C)C(=O)O)ccc3ccccc23)cc1. The molecule has 0 saturated heterocycles. The number of hydrogen-bond acceptors (Lipinski definition) is 3. The van der Waals surface area contributed by atoms with Gasteiger partial charge in [0, 0.05) is 5.39 Å². The van der Waals surface area contributed by atoms with Crippen LogP contribution in [-0.2, 0) is 17.8 Å². The maximum absolute atomic E-state index is 12.9. The molecule has 5 nitrogen and oxygen atoms in total. The van der Waals surface area contributed by atoms with E-state index in [1.165, 1.54) is 19.4 Å². The van der Waals surface area contributed by atoms with Gasteiger partial charge in [0.1, 0.15) is 17.9 Å². The topological polar surface area (TPSA) is 75.6 Å². The molecule has 0 aliphatic heterocycles. The number of carboxylic acids is 1. The molecule has 0 heterocycles. The molecule has 3 rings (SSSR count). The fraction of sp³-hybridized carbons (Fsp3) is 0.308. The van der Waals surface area contributed by atoms with Gasteiger partial charge < -0.3 is 15.2 Å². The largest absolute Gasteiger partial charge is 0.487 e. The number of carbonyl (C=O) groups excluding carboxylic acids is 1. The van der Waals surface area contributed by atoms with Crippen molar-refractivity contribution in [2.45, 2.75) is 52.2 Å². The van der Waals surface area contributed by atoms with Gasteiger partial charge in [-0.3, -0.25) is 4.79 Å². The highest BCUT2D eigenvalue weighted by Crippen LogP contribution is 2.31. The van der Waals surface area contributed by atoms with Crippen molar-refractivity contribution in [2.24, 2.45) is 0 Å². The Hall–Kier alpha value is -3.34. The number of unbranched alkanes of at least 4 members (excludes halogenated alkanes) is 1. The smallest absolute Gasteiger partial charge is 0.328 e. The summed E-state index contributed by atoms with van der Waals surface area (Å²) in [4.78, 5) is 24.4. The number of carbonyl (C=O) groups is 2. The summed E-state index contributed by atoms with van der Waals surface area (Å²) in [7, 11) is 0. The minimum absolute atomic E-state index is 0.310. The van der Waals surface area contributed by atoms with E-state index in [0.29, 0.717) is 17.9 Å². The Morgan fingerprint density at radius 1 is 0.968 bits per heavy atom. The monoisotopic (exact) mass is 419 g/mol. The van der Waals surface area contributed by atoms with Crippen LogP contribution in [-0.4, -0.2) is 22.5 Å². The zero-order valence-electron chi connectivity index (χ0n) is 18.3. The number of rotatable bonds is 9. The molecular weight excluding hydrogens is 390 g/mol. The van der Waals surface area contributed by atoms with Crippen molar-refractivity contribution < 1.29 is 19.4 Å². The van der Waals surface area contributed by atoms with Crippen molar-refractivity contribution in [3.8, 4) is 5.75 Å². The number of carboxylic acid groups (broad SMARTS) is 1. The average Bonchev–Trinajstić information content (AvgIpc) is 2.76. The molecule has 3 aromatic rings. The zero-order valence-corrected chi connectivity index (χ0v) is 18.3. The van der Waals surface area contributed by atoms with Crippen LogP contribution < -0.4 is 10.1 Å². The quantitative estimate of drug-likeness (QED) is 0.490. The Balaban J connectivity index is 1.88. The highest BCUT2D eigenvalue weighted by molar-refractivity contribution is 6.05. The lowest BCUT2D eigenvalue weighted by Crippen LogP contribution is -2.49. The Morgan fingerprint density at radius 3 is 2.32 bits per heavy atom. The molecule has 0 bridgehead atoms. The predicted octanol–water partition coefficient (Wildman–Crippen LogP) is 5.35. The number of hydrogen-bond donors (Lipinski definition) is 2. The first-order valence-corrected chi connectivity index (χ1v) is 10.6. The molecule has 5 heteroatoms. The molecule has 0 saturated carbocycles. The van der Waals surface area contributed by atoms with Crippen LogP contribution >= 0.6 is 0 Å². The van der Waals surface area contributed by atoms with Gasteiger partial charge in [0.15, 0.2) is 0 Å². The van der Waals surface area contributed by atoms with Crippen LogP contribution in [0.3, 0.4) is 0 Å². The molecule has 2 N–H and O–H groups in total. The first-order valence-electron chi connectivity index (χ1n) is 10.6. The molecule has 0 aliphatic carbocycles. The summed E-state index contributed by atoms with van der Waals surface area (Å²) in [5.41, 5.74) is 1.22. The van der Waals surface area contributed by atoms with Gasteiger partial charge in [-0.1, -0.05) is 67.9 Å². The fourth-order valence-corrected chi connectivity index (χ4v) is 3.32. The lowest BCUT2D eigenvalue weighted by atomic mass is 10.0. The highest BCUT2D eigenvalue weighted by Gasteiger charge is 2.30. The second-order valence-corrected chi connectivity index (χ2v) is 8.26. The van der Waals surface area contributed by atoms with Gasteiger partial charge in [0.25, 0.3) is 5.91 Å². The number of aryl methyl sites for hydroxylation is 1. The number of aliphatic carboxylic acids is 1. The lowest BCUT2D eigenvalue weighted by Gasteiger charge is -2.22. The van der Waals surface area contributed by atoms with Crippen LogP contribution in [0.4, 0.5) is 0 Å². The van der Waals surface area contributed by atoms with Crippen LogP contribution in [0.5, 0.6) is 5.75 Å². The summed E-state index contributed by atoms with van der Waals surface area (Å²) in [5, 5.41) is 13.7. The van der Waals surface area contributed by atoms with Gasteiger partial charge in [0.05, 0.1) is 5.56 Å². The van der Waals surface area contributed by atoms with E-state index >= 15 is 0 Å². The van der Waals surface area contributed by atoms with Gasteiger partial charge >= 0.3 is 5.97 Å². The lowest BCUT2D eigenvalue weighted by molar-refractivity contribution is -0.143. The van der Waals surface area contributed by atoms with E-state index in [1.807, 2.05) is 42.5 Å². The number of nitrogens with one attached hydrogen (secondary N) is 1. The molecule has 0 aromatic heterocycles. The van der Waals surface area contributed by atoms with Gasteiger partial charge in [-0.2, -0.15) is 0 Å². The molecule has 0 atom stereocenters. The summed E-state index contributed by atoms with van der Waals surface area (Å²) in [6.07, 6.45) is 3.39. The summed E-state index contributed by atoms with van der Waals surface area (Å²) in [6, 6.07) is 19.5. The van der Waals surface area contributed by atoms with Gasteiger partial charge in [-0.25, -0.2) is 4.79 Å². The third-order valence-corrected chi connectivity index (χ3v) is 5.31. The van der Waals surface area contributed by atoms with Gasteiger partial charge in [0.2, 0.25) is 0 Å². The number of ether oxygens (including phenoxy) is 1. The first kappa shape index (κ1) is 22.3. The summed E-state index contributed by atoms with van der Waals surface area (Å²) < 4.78 is 6.15. The van der Waals surface area contributed by atoms with E-state index in [9.17, 15) is 14.7 Å². The van der Waals surface area contributed by atoms with Crippen molar-refractivity contribution in [1.82, 2.24) is 5.32 Å². The van der Waals surface area contributed by atoms with Crippen molar-refractivity contribution in [3.05, 3.63) is 77.4 Å². The van der Waals surface area contributed by atoms with E-state index in [2.05, 4.69) is 24.4 Å². The van der Waals surface area contributed by atoms with E-state index < -0.39 is 17.4 Å². The van der Waals surface area contributed by atoms with Crippen molar-refractivity contribution in [1.29, 1.82) is 0 Å². The summed E-state index contributed by atoms with van der Waals surface area (Å²) in [5.74, 6) is -1.14. The van der Waals surface area contributed by atoms with Gasteiger partial charge in [-0.05, 0) is 49.3 Å². The molecule has 0 fully saturated rings. The maximum Gasteiger partial charge on any atom is 0.328 e. The Morgan fingerprint density at radius 2 is 1.65 bits per heavy atom. The molecule has 162 valence electrons. The van der Waals surface area contributed by atoms with Crippen molar-refractivity contribution in [3.63, 3.8) is 0 Å². The predicted molar refractivity (Wildman–Crippen MR) is 123 cm³/mol. The summed E-state index contributed by atoms with van der Waals surface area (Å²) in [6.45, 7) is 5.40. The first-order chi connectivity index (χ1) is 14.8. The Kier molecular flexibility index (Phi) is 6.95. The van der Waals surface area contributed by atoms with Crippen LogP contribution in [0.1, 0.15) is 55.1 Å². The highest BCUT2D eigenvalue weighted by atomic mass is 16.5. The summed E-state index contributed by atoms with van der Waals surface area (Å²) >= 11 is 0. The number of benzene rings is 3. The van der Waals surface area contributed by atoms with E-state index in [1.54, 1.807) is 6.07 Å². The average molecular weight is 420 g/mol. The standard InChI is InChI=1S/C26H29NO4/c1-4-5-8-18-11-13-19(14-12-18)17-31-23-21-10-7-6-9-20(21)15-16-22(23)24(28)27-26(2,3)25(29)30/h6-7,9-16H,4-5,8,17H2,1-3H3,(H,27,28)(H,29,30). The van der Waals surface area contributed by atoms with Crippen LogP contribution in [0.15, 0.2) is 60.7 Å². The van der Waals surface area contributed by atoms with E-state index in [0.717, 1.165) is 35.6 Å². The second-order valence-electron chi connectivity index (χ2n) is 8.26. The normalized spacial score (nSPS) is 11.3. The molecule has 0 aliphatic rings. The molecule has 1 amide bonds. The number of amides is 1.